The molecule has 0 bridgehead atoms. The van der Waals surface area contributed by atoms with Gasteiger partial charge in [0.1, 0.15) is 5.82 Å². The Hall–Kier alpha value is -0.930. The molecule has 102 valence electrons. The molecule has 1 rings (SSSR count). The van der Waals surface area contributed by atoms with E-state index in [1.165, 1.54) is 12.1 Å². The van der Waals surface area contributed by atoms with E-state index >= 15 is 0 Å². The summed E-state index contributed by atoms with van der Waals surface area (Å²) < 4.78 is 12.9. The average molecular weight is 252 g/mol. The molecule has 2 unspecified atom stereocenters. The van der Waals surface area contributed by atoms with Crippen molar-refractivity contribution in [1.82, 2.24) is 4.90 Å². The summed E-state index contributed by atoms with van der Waals surface area (Å²) in [7, 11) is 2.12. The zero-order chi connectivity index (χ0) is 13.8. The third-order valence-corrected chi connectivity index (χ3v) is 4.04. The molecule has 0 spiro atoms. The fourth-order valence-corrected chi connectivity index (χ4v) is 2.19. The molecule has 2 N–H and O–H groups in total. The Bertz CT molecular complexity index is 363. The van der Waals surface area contributed by atoms with Gasteiger partial charge in [-0.25, -0.2) is 4.39 Å². The van der Waals surface area contributed by atoms with Crippen LogP contribution in [0.15, 0.2) is 24.3 Å². The first-order valence-corrected chi connectivity index (χ1v) is 6.60. The molecule has 0 heterocycles. The Morgan fingerprint density at radius 2 is 1.89 bits per heavy atom. The first-order valence-electron chi connectivity index (χ1n) is 6.60. The van der Waals surface area contributed by atoms with Gasteiger partial charge >= 0.3 is 0 Å². The molecule has 0 saturated heterocycles. The van der Waals surface area contributed by atoms with Gasteiger partial charge in [-0.1, -0.05) is 19.1 Å². The van der Waals surface area contributed by atoms with Gasteiger partial charge in [-0.2, -0.15) is 0 Å². The van der Waals surface area contributed by atoms with E-state index in [9.17, 15) is 4.39 Å². The van der Waals surface area contributed by atoms with Crippen molar-refractivity contribution in [2.75, 3.05) is 13.6 Å². The van der Waals surface area contributed by atoms with Crippen molar-refractivity contribution in [2.24, 2.45) is 5.73 Å². The van der Waals surface area contributed by atoms with E-state index in [0.717, 1.165) is 18.4 Å². The molecule has 2 atom stereocenters. The predicted octanol–water partition coefficient (Wildman–Crippen LogP) is 2.82. The number of benzene rings is 1. The lowest BCUT2D eigenvalue weighted by atomic mass is 9.90. The molecule has 0 radical (unpaired) electrons. The van der Waals surface area contributed by atoms with E-state index in [-0.39, 0.29) is 11.4 Å². The Labute approximate surface area is 110 Å². The topological polar surface area (TPSA) is 29.3 Å². The minimum absolute atomic E-state index is 0.0900. The van der Waals surface area contributed by atoms with Crippen molar-refractivity contribution >= 4 is 0 Å². The SMILES string of the molecule is CCC(C)N(C)C(C)(CN)Cc1ccc(F)cc1. The Morgan fingerprint density at radius 3 is 2.33 bits per heavy atom. The molecule has 1 aromatic rings. The van der Waals surface area contributed by atoms with E-state index in [2.05, 4.69) is 32.7 Å². The van der Waals surface area contributed by atoms with Gasteiger partial charge in [-0.05, 0) is 51.4 Å². The quantitative estimate of drug-likeness (QED) is 0.843. The van der Waals surface area contributed by atoms with Gasteiger partial charge in [0.25, 0.3) is 0 Å². The number of likely N-dealkylation sites (N-methyl/N-ethyl adjacent to an activating group) is 1. The molecule has 3 heteroatoms. The minimum atomic E-state index is -0.191. The van der Waals surface area contributed by atoms with Gasteiger partial charge in [0.05, 0.1) is 0 Å². The van der Waals surface area contributed by atoms with E-state index in [0.29, 0.717) is 12.6 Å². The van der Waals surface area contributed by atoms with Crippen LogP contribution in [0.25, 0.3) is 0 Å². The fraction of sp³-hybridized carbons (Fsp3) is 0.600. The third kappa shape index (κ3) is 3.53. The van der Waals surface area contributed by atoms with Crippen molar-refractivity contribution < 1.29 is 4.39 Å². The number of nitrogens with zero attached hydrogens (tertiary/aromatic N) is 1. The molecular weight excluding hydrogens is 227 g/mol. The molecule has 0 saturated carbocycles. The van der Waals surface area contributed by atoms with Crippen LogP contribution < -0.4 is 5.73 Å². The highest BCUT2D eigenvalue weighted by Gasteiger charge is 2.30. The maximum atomic E-state index is 12.9. The van der Waals surface area contributed by atoms with Gasteiger partial charge in [-0.15, -0.1) is 0 Å². The van der Waals surface area contributed by atoms with Crippen molar-refractivity contribution in [2.45, 2.75) is 45.2 Å². The Morgan fingerprint density at radius 1 is 1.33 bits per heavy atom. The second-order valence-electron chi connectivity index (χ2n) is 5.37. The van der Waals surface area contributed by atoms with Gasteiger partial charge < -0.3 is 5.73 Å². The zero-order valence-corrected chi connectivity index (χ0v) is 11.9. The standard InChI is InChI=1S/C15H25FN2/c1-5-12(2)18(4)15(3,11-17)10-13-6-8-14(16)9-7-13/h6-9,12H,5,10-11,17H2,1-4H3. The van der Waals surface area contributed by atoms with Crippen LogP contribution in [0.2, 0.25) is 0 Å². The number of hydrogen-bond acceptors (Lipinski definition) is 2. The van der Waals surface area contributed by atoms with E-state index < -0.39 is 0 Å². The molecule has 0 fully saturated rings. The second kappa shape index (κ2) is 6.30. The molecule has 0 aliphatic carbocycles. The highest BCUT2D eigenvalue weighted by molar-refractivity contribution is 5.19. The van der Waals surface area contributed by atoms with Crippen LogP contribution in [0.5, 0.6) is 0 Å². The van der Waals surface area contributed by atoms with Crippen LogP contribution in [0.3, 0.4) is 0 Å². The first kappa shape index (κ1) is 15.1. The normalized spacial score (nSPS) is 16.6. The maximum Gasteiger partial charge on any atom is 0.123 e. The van der Waals surface area contributed by atoms with Crippen LogP contribution >= 0.6 is 0 Å². The average Bonchev–Trinajstić information content (AvgIpc) is 2.39. The monoisotopic (exact) mass is 252 g/mol. The fourth-order valence-electron chi connectivity index (χ4n) is 2.19. The van der Waals surface area contributed by atoms with Crippen LogP contribution in [0, 0.1) is 5.82 Å². The van der Waals surface area contributed by atoms with Crippen LogP contribution in [0.4, 0.5) is 4.39 Å². The third-order valence-electron chi connectivity index (χ3n) is 4.04. The van der Waals surface area contributed by atoms with E-state index in [4.69, 9.17) is 5.73 Å². The summed E-state index contributed by atoms with van der Waals surface area (Å²) in [6.07, 6.45) is 1.93. The van der Waals surface area contributed by atoms with Gasteiger partial charge in [0, 0.05) is 18.1 Å². The predicted molar refractivity (Wildman–Crippen MR) is 75.1 cm³/mol. The number of hydrogen-bond donors (Lipinski definition) is 1. The molecule has 0 aliphatic heterocycles. The summed E-state index contributed by atoms with van der Waals surface area (Å²) in [5.41, 5.74) is 7.00. The van der Waals surface area contributed by atoms with Gasteiger partial charge in [0.2, 0.25) is 0 Å². The lowest BCUT2D eigenvalue weighted by molar-refractivity contribution is 0.0979. The molecule has 18 heavy (non-hydrogen) atoms. The largest absolute Gasteiger partial charge is 0.329 e. The lowest BCUT2D eigenvalue weighted by Crippen LogP contribution is -2.54. The molecule has 1 aromatic carbocycles. The zero-order valence-electron chi connectivity index (χ0n) is 11.9. The Kier molecular flexibility index (Phi) is 5.29. The molecular formula is C15H25FN2. The molecule has 0 amide bonds. The summed E-state index contributed by atoms with van der Waals surface area (Å²) in [5.74, 6) is -0.191. The minimum Gasteiger partial charge on any atom is -0.329 e. The Balaban J connectivity index is 2.85. The smallest absolute Gasteiger partial charge is 0.123 e. The van der Waals surface area contributed by atoms with E-state index in [1.807, 2.05) is 12.1 Å². The second-order valence-corrected chi connectivity index (χ2v) is 5.37. The summed E-state index contributed by atoms with van der Waals surface area (Å²) in [4.78, 5) is 2.33. The summed E-state index contributed by atoms with van der Waals surface area (Å²) in [5, 5.41) is 0. The highest BCUT2D eigenvalue weighted by Crippen LogP contribution is 2.22. The van der Waals surface area contributed by atoms with E-state index in [1.54, 1.807) is 0 Å². The van der Waals surface area contributed by atoms with Crippen molar-refractivity contribution in [3.63, 3.8) is 0 Å². The molecule has 0 aromatic heterocycles. The summed E-state index contributed by atoms with van der Waals surface area (Å²) >= 11 is 0. The van der Waals surface area contributed by atoms with Crippen LogP contribution in [-0.2, 0) is 6.42 Å². The lowest BCUT2D eigenvalue weighted by Gasteiger charge is -2.42. The number of halogens is 1. The number of nitrogens with two attached hydrogens (primary N) is 1. The molecule has 2 nitrogen and oxygen atoms in total. The van der Waals surface area contributed by atoms with Crippen LogP contribution in [-0.4, -0.2) is 30.1 Å². The first-order chi connectivity index (χ1) is 8.42. The summed E-state index contributed by atoms with van der Waals surface area (Å²) in [6.45, 7) is 7.14. The summed E-state index contributed by atoms with van der Waals surface area (Å²) in [6, 6.07) is 7.19. The van der Waals surface area contributed by atoms with Crippen LogP contribution in [0.1, 0.15) is 32.8 Å². The highest BCUT2D eigenvalue weighted by atomic mass is 19.1. The van der Waals surface area contributed by atoms with Crippen molar-refractivity contribution in [3.05, 3.63) is 35.6 Å². The van der Waals surface area contributed by atoms with Crippen molar-refractivity contribution in [1.29, 1.82) is 0 Å². The van der Waals surface area contributed by atoms with Gasteiger partial charge in [0.15, 0.2) is 0 Å². The van der Waals surface area contributed by atoms with Crippen molar-refractivity contribution in [3.8, 4) is 0 Å². The maximum absolute atomic E-state index is 12.9. The van der Waals surface area contributed by atoms with Gasteiger partial charge in [-0.3, -0.25) is 4.90 Å². The number of rotatable bonds is 6. The molecule has 0 aliphatic rings.